The average molecular weight is 349 g/mol. The third kappa shape index (κ3) is 5.46. The summed E-state index contributed by atoms with van der Waals surface area (Å²) >= 11 is 0. The number of rotatable bonds is 3. The molecule has 3 N–H and O–H groups in total. The van der Waals surface area contributed by atoms with E-state index < -0.39 is 11.9 Å². The number of nitrogens with zero attached hydrogens (tertiary/aromatic N) is 2. The molecule has 0 aliphatic carbocycles. The minimum atomic E-state index is -1.26. The Labute approximate surface area is 145 Å². The minimum Gasteiger partial charge on any atom is -0.478 e. The number of carboxylic acid groups (broad SMARTS) is 2. The third-order valence-corrected chi connectivity index (χ3v) is 4.31. The van der Waals surface area contributed by atoms with E-state index in [4.69, 9.17) is 10.2 Å². The highest BCUT2D eigenvalue weighted by molar-refractivity contribution is 5.92. The molecular formula is C17H23N3O5. The van der Waals surface area contributed by atoms with Gasteiger partial charge in [0.25, 0.3) is 5.91 Å². The molecule has 0 spiro atoms. The molecule has 0 aromatic carbocycles. The van der Waals surface area contributed by atoms with Crippen LogP contribution in [0, 0.1) is 11.8 Å². The molecule has 1 aromatic heterocycles. The zero-order chi connectivity index (χ0) is 18.4. The Hall–Kier alpha value is -2.61. The number of fused-ring (bicyclic) bond motifs is 2. The van der Waals surface area contributed by atoms with E-state index in [0.717, 1.165) is 31.9 Å². The lowest BCUT2D eigenvalue weighted by atomic mass is 9.86. The highest BCUT2D eigenvalue weighted by atomic mass is 16.4. The molecule has 0 saturated carbocycles. The number of aromatic nitrogens is 1. The van der Waals surface area contributed by atoms with Crippen molar-refractivity contribution in [1.29, 1.82) is 0 Å². The molecule has 3 heterocycles. The largest absolute Gasteiger partial charge is 0.478 e. The first-order valence-corrected chi connectivity index (χ1v) is 8.12. The van der Waals surface area contributed by atoms with Gasteiger partial charge in [0.2, 0.25) is 0 Å². The van der Waals surface area contributed by atoms with Gasteiger partial charge in [0.15, 0.2) is 0 Å². The highest BCUT2D eigenvalue weighted by Crippen LogP contribution is 2.25. The van der Waals surface area contributed by atoms with Gasteiger partial charge in [0.05, 0.1) is 0 Å². The number of nitrogens with one attached hydrogen (secondary N) is 1. The Bertz CT molecular complexity index is 639. The fraction of sp³-hybridized carbons (Fsp3) is 0.471. The minimum absolute atomic E-state index is 0.189. The van der Waals surface area contributed by atoms with Crippen LogP contribution in [0.4, 0.5) is 0 Å². The van der Waals surface area contributed by atoms with Crippen LogP contribution in [0.2, 0.25) is 0 Å². The Morgan fingerprint density at radius 2 is 1.68 bits per heavy atom. The molecule has 2 aliphatic heterocycles. The van der Waals surface area contributed by atoms with Gasteiger partial charge in [-0.3, -0.25) is 4.79 Å². The maximum atomic E-state index is 12.4. The van der Waals surface area contributed by atoms with Crippen molar-refractivity contribution in [3.8, 4) is 0 Å². The number of carboxylic acids is 2. The van der Waals surface area contributed by atoms with E-state index in [-0.39, 0.29) is 5.91 Å². The molecule has 2 bridgehead atoms. The number of aryl methyl sites for hydroxylation is 1. The fourth-order valence-corrected chi connectivity index (χ4v) is 3.26. The Kier molecular flexibility index (Phi) is 6.35. The maximum Gasteiger partial charge on any atom is 0.328 e. The van der Waals surface area contributed by atoms with Crippen molar-refractivity contribution in [3.63, 3.8) is 0 Å². The van der Waals surface area contributed by atoms with E-state index in [2.05, 4.69) is 5.32 Å². The summed E-state index contributed by atoms with van der Waals surface area (Å²) < 4.78 is 1.91. The molecule has 2 atom stereocenters. The third-order valence-electron chi connectivity index (χ3n) is 4.31. The number of piperidine rings is 2. The molecule has 1 aromatic rings. The Morgan fingerprint density at radius 3 is 2.12 bits per heavy atom. The predicted octanol–water partition coefficient (Wildman–Crippen LogP) is 0.418. The zero-order valence-electron chi connectivity index (χ0n) is 14.1. The van der Waals surface area contributed by atoms with Gasteiger partial charge in [0.1, 0.15) is 5.69 Å². The second kappa shape index (κ2) is 8.48. The Balaban J connectivity index is 0.000000242. The monoisotopic (exact) mass is 349 g/mol. The van der Waals surface area contributed by atoms with Crippen LogP contribution in [-0.4, -0.2) is 63.7 Å². The summed E-state index contributed by atoms with van der Waals surface area (Å²) in [6.07, 6.45) is 4.33. The van der Waals surface area contributed by atoms with E-state index >= 15 is 0 Å². The van der Waals surface area contributed by atoms with Crippen molar-refractivity contribution >= 4 is 17.8 Å². The first-order valence-electron chi connectivity index (χ1n) is 8.12. The summed E-state index contributed by atoms with van der Waals surface area (Å²) in [7, 11) is 1.93. The number of carbonyl (C=O) groups excluding carboxylic acids is 1. The van der Waals surface area contributed by atoms with Gasteiger partial charge in [-0.15, -0.1) is 0 Å². The van der Waals surface area contributed by atoms with E-state index in [1.54, 1.807) is 0 Å². The van der Waals surface area contributed by atoms with Crippen molar-refractivity contribution in [3.05, 3.63) is 36.2 Å². The molecule has 8 nitrogen and oxygen atoms in total. The van der Waals surface area contributed by atoms with Crippen molar-refractivity contribution in [1.82, 2.24) is 14.8 Å². The maximum absolute atomic E-state index is 12.4. The summed E-state index contributed by atoms with van der Waals surface area (Å²) in [4.78, 5) is 33.5. The van der Waals surface area contributed by atoms with Crippen LogP contribution in [-0.2, 0) is 16.6 Å². The van der Waals surface area contributed by atoms with Gasteiger partial charge in [-0.05, 0) is 43.5 Å². The van der Waals surface area contributed by atoms with Crippen molar-refractivity contribution in [2.45, 2.75) is 6.42 Å². The average Bonchev–Trinajstić information content (AvgIpc) is 2.98. The lowest BCUT2D eigenvalue weighted by Crippen LogP contribution is -2.52. The molecule has 2 fully saturated rings. The first-order chi connectivity index (χ1) is 11.9. The molecule has 3 rings (SSSR count). The van der Waals surface area contributed by atoms with Gasteiger partial charge in [-0.25, -0.2) is 9.59 Å². The van der Waals surface area contributed by atoms with Crippen LogP contribution < -0.4 is 5.32 Å². The summed E-state index contributed by atoms with van der Waals surface area (Å²) in [5.41, 5.74) is 0.804. The molecule has 1 amide bonds. The topological polar surface area (TPSA) is 112 Å². The van der Waals surface area contributed by atoms with Crippen LogP contribution in [0.3, 0.4) is 0 Å². The molecule has 2 saturated heterocycles. The van der Waals surface area contributed by atoms with Gasteiger partial charge < -0.3 is 25.0 Å². The number of carbonyl (C=O) groups is 3. The number of aliphatic carboxylic acids is 2. The molecule has 8 heteroatoms. The molecule has 136 valence electrons. The first kappa shape index (κ1) is 18.7. The molecule has 0 radical (unpaired) electrons. The van der Waals surface area contributed by atoms with Crippen LogP contribution in [0.15, 0.2) is 30.5 Å². The smallest absolute Gasteiger partial charge is 0.328 e. The molecule has 2 aliphatic rings. The summed E-state index contributed by atoms with van der Waals surface area (Å²) in [5, 5.41) is 19.1. The molecular weight excluding hydrogens is 326 g/mol. The molecule has 25 heavy (non-hydrogen) atoms. The fourth-order valence-electron chi connectivity index (χ4n) is 3.26. The van der Waals surface area contributed by atoms with E-state index in [9.17, 15) is 14.4 Å². The van der Waals surface area contributed by atoms with E-state index in [1.165, 1.54) is 6.42 Å². The predicted molar refractivity (Wildman–Crippen MR) is 90.2 cm³/mol. The van der Waals surface area contributed by atoms with Crippen LogP contribution in [0.5, 0.6) is 0 Å². The highest BCUT2D eigenvalue weighted by Gasteiger charge is 2.33. The van der Waals surface area contributed by atoms with Gasteiger partial charge in [-0.2, -0.15) is 0 Å². The SMILES string of the molecule is Cn1cccc1C(=O)N1C[C@@H]2CNC[C@@H](C2)C1.O=C(O)/C=C/C(=O)O. The van der Waals surface area contributed by atoms with Crippen molar-refractivity contribution < 1.29 is 24.6 Å². The number of hydrogen-bond donors (Lipinski definition) is 3. The number of amides is 1. The Morgan fingerprint density at radius 1 is 1.12 bits per heavy atom. The quantitative estimate of drug-likeness (QED) is 0.682. The van der Waals surface area contributed by atoms with E-state index in [1.807, 2.05) is 34.8 Å². The zero-order valence-corrected chi connectivity index (χ0v) is 14.1. The van der Waals surface area contributed by atoms with Gasteiger partial charge >= 0.3 is 11.9 Å². The lowest BCUT2D eigenvalue weighted by Gasteiger charge is -2.41. The number of hydrogen-bond acceptors (Lipinski definition) is 4. The second-order valence-electron chi connectivity index (χ2n) is 6.35. The summed E-state index contributed by atoms with van der Waals surface area (Å²) in [6, 6.07) is 3.84. The summed E-state index contributed by atoms with van der Waals surface area (Å²) in [5.74, 6) is -1.03. The molecule has 0 unspecified atom stereocenters. The normalized spacial score (nSPS) is 22.2. The second-order valence-corrected chi connectivity index (χ2v) is 6.35. The number of likely N-dealkylation sites (tertiary alicyclic amines) is 1. The summed E-state index contributed by atoms with van der Waals surface area (Å²) in [6.45, 7) is 3.95. The van der Waals surface area contributed by atoms with Crippen molar-refractivity contribution in [2.75, 3.05) is 26.2 Å². The lowest BCUT2D eigenvalue weighted by molar-refractivity contribution is -0.134. The van der Waals surface area contributed by atoms with Gasteiger partial charge in [-0.1, -0.05) is 0 Å². The van der Waals surface area contributed by atoms with Crippen molar-refractivity contribution in [2.24, 2.45) is 18.9 Å². The van der Waals surface area contributed by atoms with Crippen LogP contribution >= 0.6 is 0 Å². The van der Waals surface area contributed by atoms with Crippen LogP contribution in [0.1, 0.15) is 16.9 Å². The van der Waals surface area contributed by atoms with Gasteiger partial charge in [0, 0.05) is 38.5 Å². The standard InChI is InChI=1S/C13H19N3O.C4H4O4/c1-15-4-2-3-12(15)13(17)16-8-10-5-11(9-16)7-14-6-10;5-3(6)1-2-4(7)8/h2-4,10-11,14H,5-9H2,1H3;1-2H,(H,5,6)(H,7,8)/b;2-1+/t10-,11+;. The van der Waals surface area contributed by atoms with E-state index in [0.29, 0.717) is 24.0 Å². The van der Waals surface area contributed by atoms with Crippen LogP contribution in [0.25, 0.3) is 0 Å².